The molecule has 6 heteroatoms. The van der Waals surface area contributed by atoms with Gasteiger partial charge in [-0.15, -0.1) is 11.3 Å². The van der Waals surface area contributed by atoms with Crippen LogP contribution in [0.15, 0.2) is 237 Å². The largest absolute Gasteiger partial charge is 0.309 e. The van der Waals surface area contributed by atoms with Crippen LogP contribution in [0.4, 0.5) is 0 Å². The first-order chi connectivity index (χ1) is 34.2. The lowest BCUT2D eigenvalue weighted by atomic mass is 9.99. The Morgan fingerprint density at radius 3 is 1.48 bits per heavy atom. The Kier molecular flexibility index (Phi) is 9.00. The van der Waals surface area contributed by atoms with E-state index in [0.29, 0.717) is 17.5 Å². The molecule has 0 amide bonds. The van der Waals surface area contributed by atoms with E-state index >= 15 is 0 Å². The Morgan fingerprint density at radius 2 is 0.797 bits per heavy atom. The molecule has 322 valence electrons. The number of para-hydroxylation sites is 2. The number of hydrogen-bond acceptors (Lipinski definition) is 4. The number of aromatic nitrogens is 5. The fourth-order valence-corrected chi connectivity index (χ4v) is 11.6. The van der Waals surface area contributed by atoms with Crippen molar-refractivity contribution in [2.75, 3.05) is 0 Å². The molecule has 0 fully saturated rings. The third-order valence-corrected chi connectivity index (χ3v) is 14.8. The molecule has 4 heterocycles. The Morgan fingerprint density at radius 1 is 0.275 bits per heavy atom. The number of benzene rings is 10. The molecule has 14 aromatic rings. The smallest absolute Gasteiger partial charge is 0.164 e. The third kappa shape index (κ3) is 6.49. The van der Waals surface area contributed by atoms with Crippen LogP contribution in [0.3, 0.4) is 0 Å². The van der Waals surface area contributed by atoms with Crippen molar-refractivity contribution in [2.24, 2.45) is 0 Å². The van der Waals surface area contributed by atoms with E-state index in [4.69, 9.17) is 15.0 Å². The molecule has 0 aliphatic rings. The molecule has 5 nitrogen and oxygen atoms in total. The minimum Gasteiger partial charge on any atom is -0.309 e. The molecule has 14 rings (SSSR count). The number of fused-ring (bicyclic) bond motifs is 9. The van der Waals surface area contributed by atoms with Gasteiger partial charge in [-0.3, -0.25) is 0 Å². The van der Waals surface area contributed by atoms with Crippen molar-refractivity contribution < 1.29 is 0 Å². The minimum atomic E-state index is 0.604. The molecule has 0 radical (unpaired) electrons. The van der Waals surface area contributed by atoms with E-state index in [1.54, 1.807) is 0 Å². The molecular weight excluding hydrogens is 859 g/mol. The molecule has 0 bridgehead atoms. The second kappa shape index (κ2) is 15.8. The molecule has 0 aliphatic heterocycles. The van der Waals surface area contributed by atoms with Crippen LogP contribution in [0.2, 0.25) is 0 Å². The van der Waals surface area contributed by atoms with Crippen LogP contribution in [0.1, 0.15) is 0 Å². The zero-order chi connectivity index (χ0) is 45.4. The maximum Gasteiger partial charge on any atom is 0.164 e. The van der Waals surface area contributed by atoms with Crippen molar-refractivity contribution in [1.82, 2.24) is 24.1 Å². The molecule has 0 N–H and O–H groups in total. The van der Waals surface area contributed by atoms with Crippen LogP contribution in [0, 0.1) is 0 Å². The quantitative estimate of drug-likeness (QED) is 0.160. The van der Waals surface area contributed by atoms with Gasteiger partial charge in [-0.1, -0.05) is 176 Å². The van der Waals surface area contributed by atoms with Crippen LogP contribution in [0.25, 0.3) is 132 Å². The van der Waals surface area contributed by atoms with E-state index in [1.807, 2.05) is 47.7 Å². The summed E-state index contributed by atoms with van der Waals surface area (Å²) < 4.78 is 7.37. The highest BCUT2D eigenvalue weighted by Gasteiger charge is 2.21. The van der Waals surface area contributed by atoms with Crippen LogP contribution >= 0.6 is 11.3 Å². The van der Waals surface area contributed by atoms with Crippen LogP contribution < -0.4 is 0 Å². The van der Waals surface area contributed by atoms with Crippen molar-refractivity contribution in [3.8, 4) is 67.8 Å². The highest BCUT2D eigenvalue weighted by molar-refractivity contribution is 7.26. The van der Waals surface area contributed by atoms with Gasteiger partial charge in [0.05, 0.1) is 22.1 Å². The maximum atomic E-state index is 5.30. The Bertz CT molecular complexity index is 4190. The number of thiophene rings is 1. The fourth-order valence-electron chi connectivity index (χ4n) is 10.4. The summed E-state index contributed by atoms with van der Waals surface area (Å²) in [5.41, 5.74) is 14.0. The summed E-state index contributed by atoms with van der Waals surface area (Å²) in [5, 5.41) is 7.33. The van der Waals surface area contributed by atoms with Gasteiger partial charge < -0.3 is 9.13 Å². The number of nitrogens with zero attached hydrogens (tertiary/aromatic N) is 5. The number of hydrogen-bond donors (Lipinski definition) is 0. The molecule has 4 aromatic heterocycles. The SMILES string of the molecule is c1ccc(-c2ccc3c(c2)c2ccc(-n4c5ccccc5c5ccccc54)cc2n3-c2cc(-c3nc(-c4ccccc4)nc(-c4ccccc4)n3)cc(-c3cccc4c3sc3ccccc34)c2)cc1. The third-order valence-electron chi connectivity index (χ3n) is 13.5. The highest BCUT2D eigenvalue weighted by atomic mass is 32.1. The van der Waals surface area contributed by atoms with Crippen LogP contribution in [-0.2, 0) is 0 Å². The van der Waals surface area contributed by atoms with E-state index < -0.39 is 0 Å². The average Bonchev–Trinajstić information content (AvgIpc) is 4.09. The van der Waals surface area contributed by atoms with Gasteiger partial charge in [0.2, 0.25) is 0 Å². The van der Waals surface area contributed by atoms with Gasteiger partial charge >= 0.3 is 0 Å². The van der Waals surface area contributed by atoms with Crippen molar-refractivity contribution in [3.63, 3.8) is 0 Å². The van der Waals surface area contributed by atoms with E-state index in [0.717, 1.165) is 50.2 Å². The van der Waals surface area contributed by atoms with Gasteiger partial charge in [0.1, 0.15) is 0 Å². The van der Waals surface area contributed by atoms with Gasteiger partial charge in [-0.05, 0) is 82.9 Å². The molecule has 0 saturated heterocycles. The first-order valence-electron chi connectivity index (χ1n) is 23.3. The predicted molar refractivity (Wildman–Crippen MR) is 289 cm³/mol. The zero-order valence-electron chi connectivity index (χ0n) is 37.2. The minimum absolute atomic E-state index is 0.604. The highest BCUT2D eigenvalue weighted by Crippen LogP contribution is 2.44. The van der Waals surface area contributed by atoms with Crippen molar-refractivity contribution in [2.45, 2.75) is 0 Å². The summed E-state index contributed by atoms with van der Waals surface area (Å²) in [4.78, 5) is 15.7. The van der Waals surface area contributed by atoms with Crippen LogP contribution in [-0.4, -0.2) is 24.1 Å². The first kappa shape index (κ1) is 39.2. The van der Waals surface area contributed by atoms with Gasteiger partial charge in [-0.2, -0.15) is 0 Å². The van der Waals surface area contributed by atoms with Crippen molar-refractivity contribution >= 4 is 75.1 Å². The standard InChI is InChI=1S/C63H39N5S/c1-4-17-40(18-5-1)43-31-34-57-54(38-43)51-33-32-46(67-55-28-13-10-23-49(55)50-24-11-14-29-56(50)67)39-58(51)68(57)47-36-44(48-26-16-27-53-52-25-12-15-30-59(52)69-60(48)53)35-45(37-47)63-65-61(41-19-6-2-7-20-41)64-62(66-63)42-21-8-3-9-22-42/h1-39H. The summed E-state index contributed by atoms with van der Waals surface area (Å²) in [6.07, 6.45) is 0. The fraction of sp³-hybridized carbons (Fsp3) is 0. The molecule has 0 unspecified atom stereocenters. The molecule has 0 atom stereocenters. The average molecular weight is 898 g/mol. The summed E-state index contributed by atoms with van der Waals surface area (Å²) >= 11 is 1.84. The lowest BCUT2D eigenvalue weighted by Gasteiger charge is -2.15. The normalized spacial score (nSPS) is 11.8. The summed E-state index contributed by atoms with van der Waals surface area (Å²) in [6, 6.07) is 84.8. The summed E-state index contributed by atoms with van der Waals surface area (Å²) in [6.45, 7) is 0. The Balaban J connectivity index is 1.08. The number of rotatable bonds is 7. The topological polar surface area (TPSA) is 48.5 Å². The van der Waals surface area contributed by atoms with E-state index in [2.05, 4.69) is 209 Å². The second-order valence-electron chi connectivity index (χ2n) is 17.6. The molecule has 0 aliphatic carbocycles. The molecular formula is C63H39N5S. The Hall–Kier alpha value is -8.97. The van der Waals surface area contributed by atoms with Crippen molar-refractivity contribution in [1.29, 1.82) is 0 Å². The maximum absolute atomic E-state index is 5.30. The molecule has 10 aromatic carbocycles. The summed E-state index contributed by atoms with van der Waals surface area (Å²) in [7, 11) is 0. The van der Waals surface area contributed by atoms with Gasteiger partial charge in [0, 0.05) is 69.8 Å². The molecule has 0 spiro atoms. The Labute approximate surface area is 401 Å². The van der Waals surface area contributed by atoms with Crippen molar-refractivity contribution in [3.05, 3.63) is 237 Å². The van der Waals surface area contributed by atoms with E-state index in [-0.39, 0.29) is 0 Å². The van der Waals surface area contributed by atoms with E-state index in [9.17, 15) is 0 Å². The van der Waals surface area contributed by atoms with E-state index in [1.165, 1.54) is 63.9 Å². The first-order valence-corrected chi connectivity index (χ1v) is 24.1. The van der Waals surface area contributed by atoms with Gasteiger partial charge in [0.15, 0.2) is 17.5 Å². The lowest BCUT2D eigenvalue weighted by Crippen LogP contribution is -2.02. The second-order valence-corrected chi connectivity index (χ2v) is 18.6. The monoisotopic (exact) mass is 897 g/mol. The predicted octanol–water partition coefficient (Wildman–Crippen LogP) is 16.8. The van der Waals surface area contributed by atoms with Gasteiger partial charge in [-0.25, -0.2) is 15.0 Å². The molecule has 0 saturated carbocycles. The zero-order valence-corrected chi connectivity index (χ0v) is 38.0. The van der Waals surface area contributed by atoms with Crippen LogP contribution in [0.5, 0.6) is 0 Å². The molecule has 69 heavy (non-hydrogen) atoms. The summed E-state index contributed by atoms with van der Waals surface area (Å²) in [5.74, 6) is 1.85. The lowest BCUT2D eigenvalue weighted by molar-refractivity contribution is 1.07. The van der Waals surface area contributed by atoms with Gasteiger partial charge in [0.25, 0.3) is 0 Å².